The van der Waals surface area contributed by atoms with Gasteiger partial charge >= 0.3 is 0 Å². The Hall–Kier alpha value is -1.82. The predicted octanol–water partition coefficient (Wildman–Crippen LogP) is 2.17. The average Bonchev–Trinajstić information content (AvgIpc) is 2.35. The Kier molecular flexibility index (Phi) is 3.21. The standard InChI is InChI=1S/C13H14N2O/c14-6-2-8-15-7-1-3-12-9-11(10-16)4-5-13(12)15/h4-5,9-10H,1-3,7-8H2. The molecule has 1 aliphatic rings. The zero-order valence-corrected chi connectivity index (χ0v) is 9.15. The summed E-state index contributed by atoms with van der Waals surface area (Å²) in [6.07, 6.45) is 3.56. The molecule has 3 nitrogen and oxygen atoms in total. The normalized spacial score (nSPS) is 14.1. The van der Waals surface area contributed by atoms with Gasteiger partial charge in [0.05, 0.1) is 12.5 Å². The van der Waals surface area contributed by atoms with Crippen LogP contribution in [0, 0.1) is 11.3 Å². The van der Waals surface area contributed by atoms with Crippen molar-refractivity contribution >= 4 is 12.0 Å². The third-order valence-corrected chi connectivity index (χ3v) is 2.95. The number of anilines is 1. The highest BCUT2D eigenvalue weighted by Crippen LogP contribution is 2.27. The Morgan fingerprint density at radius 2 is 2.38 bits per heavy atom. The van der Waals surface area contributed by atoms with Gasteiger partial charge in [-0.1, -0.05) is 0 Å². The van der Waals surface area contributed by atoms with Crippen LogP contribution in [0.1, 0.15) is 28.8 Å². The Balaban J connectivity index is 2.25. The van der Waals surface area contributed by atoms with Gasteiger partial charge in [0.15, 0.2) is 0 Å². The molecule has 1 aromatic rings. The summed E-state index contributed by atoms with van der Waals surface area (Å²) in [6.45, 7) is 1.79. The van der Waals surface area contributed by atoms with Crippen molar-refractivity contribution in [3.63, 3.8) is 0 Å². The Morgan fingerprint density at radius 1 is 1.50 bits per heavy atom. The van der Waals surface area contributed by atoms with Crippen molar-refractivity contribution in [3.05, 3.63) is 29.3 Å². The molecule has 3 heteroatoms. The van der Waals surface area contributed by atoms with Crippen molar-refractivity contribution in [2.75, 3.05) is 18.0 Å². The maximum absolute atomic E-state index is 10.7. The van der Waals surface area contributed by atoms with Gasteiger partial charge in [-0.15, -0.1) is 0 Å². The summed E-state index contributed by atoms with van der Waals surface area (Å²) in [5.41, 5.74) is 3.15. The van der Waals surface area contributed by atoms with Crippen LogP contribution in [0.3, 0.4) is 0 Å². The van der Waals surface area contributed by atoms with Gasteiger partial charge in [-0.2, -0.15) is 5.26 Å². The van der Waals surface area contributed by atoms with E-state index in [4.69, 9.17) is 5.26 Å². The molecule has 0 unspecified atom stereocenters. The zero-order chi connectivity index (χ0) is 11.4. The van der Waals surface area contributed by atoms with Gasteiger partial charge in [0, 0.05) is 24.3 Å². The van der Waals surface area contributed by atoms with Crippen LogP contribution < -0.4 is 4.90 Å². The minimum Gasteiger partial charge on any atom is -0.370 e. The van der Waals surface area contributed by atoms with Gasteiger partial charge in [-0.05, 0) is 36.6 Å². The van der Waals surface area contributed by atoms with E-state index >= 15 is 0 Å². The summed E-state index contributed by atoms with van der Waals surface area (Å²) in [6, 6.07) is 7.97. The molecule has 1 heterocycles. The fraction of sp³-hybridized carbons (Fsp3) is 0.385. The zero-order valence-electron chi connectivity index (χ0n) is 9.15. The molecular formula is C13H14N2O. The molecule has 82 valence electrons. The highest BCUT2D eigenvalue weighted by atomic mass is 16.1. The number of aldehydes is 1. The third-order valence-electron chi connectivity index (χ3n) is 2.95. The lowest BCUT2D eigenvalue weighted by atomic mass is 9.99. The summed E-state index contributed by atoms with van der Waals surface area (Å²) < 4.78 is 0. The molecule has 0 amide bonds. The summed E-state index contributed by atoms with van der Waals surface area (Å²) in [5, 5.41) is 8.60. The fourth-order valence-electron chi connectivity index (χ4n) is 2.19. The fourth-order valence-corrected chi connectivity index (χ4v) is 2.19. The first kappa shape index (κ1) is 10.7. The molecular weight excluding hydrogens is 200 g/mol. The first-order chi connectivity index (χ1) is 7.85. The summed E-state index contributed by atoms with van der Waals surface area (Å²) >= 11 is 0. The molecule has 1 aromatic carbocycles. The lowest BCUT2D eigenvalue weighted by Crippen LogP contribution is -2.30. The second-order valence-electron chi connectivity index (χ2n) is 4.00. The maximum atomic E-state index is 10.7. The first-order valence-corrected chi connectivity index (χ1v) is 5.55. The van der Waals surface area contributed by atoms with Crippen LogP contribution in [-0.2, 0) is 6.42 Å². The van der Waals surface area contributed by atoms with E-state index in [-0.39, 0.29) is 0 Å². The molecule has 0 atom stereocenters. The molecule has 0 aromatic heterocycles. The quantitative estimate of drug-likeness (QED) is 0.724. The molecule has 0 saturated heterocycles. The number of nitriles is 1. The van der Waals surface area contributed by atoms with Crippen molar-refractivity contribution in [2.45, 2.75) is 19.3 Å². The van der Waals surface area contributed by atoms with E-state index in [9.17, 15) is 4.79 Å². The molecule has 0 saturated carbocycles. The number of carbonyl (C=O) groups is 1. The Morgan fingerprint density at radius 3 is 3.12 bits per heavy atom. The van der Waals surface area contributed by atoms with Gasteiger partial charge in [-0.3, -0.25) is 4.79 Å². The Labute approximate surface area is 95.3 Å². The minimum atomic E-state index is 0.550. The van der Waals surface area contributed by atoms with Crippen molar-refractivity contribution in [3.8, 4) is 6.07 Å². The predicted molar refractivity (Wildman–Crippen MR) is 62.6 cm³/mol. The first-order valence-electron chi connectivity index (χ1n) is 5.55. The number of fused-ring (bicyclic) bond motifs is 1. The number of hydrogen-bond donors (Lipinski definition) is 0. The van der Waals surface area contributed by atoms with Gasteiger partial charge in [0.1, 0.15) is 6.29 Å². The van der Waals surface area contributed by atoms with Gasteiger partial charge in [0.25, 0.3) is 0 Å². The molecule has 16 heavy (non-hydrogen) atoms. The van der Waals surface area contributed by atoms with Gasteiger partial charge in [-0.25, -0.2) is 0 Å². The molecule has 0 radical (unpaired) electrons. The van der Waals surface area contributed by atoms with Crippen molar-refractivity contribution in [1.82, 2.24) is 0 Å². The van der Waals surface area contributed by atoms with Crippen LogP contribution in [0.5, 0.6) is 0 Å². The topological polar surface area (TPSA) is 44.1 Å². The highest BCUT2D eigenvalue weighted by Gasteiger charge is 2.16. The largest absolute Gasteiger partial charge is 0.370 e. The van der Waals surface area contributed by atoms with E-state index in [1.165, 1.54) is 11.3 Å². The smallest absolute Gasteiger partial charge is 0.150 e. The molecule has 2 rings (SSSR count). The van der Waals surface area contributed by atoms with Crippen LogP contribution >= 0.6 is 0 Å². The molecule has 0 aliphatic carbocycles. The lowest BCUT2D eigenvalue weighted by molar-refractivity contribution is 0.112. The average molecular weight is 214 g/mol. The number of aryl methyl sites for hydroxylation is 1. The summed E-state index contributed by atoms with van der Waals surface area (Å²) in [7, 11) is 0. The van der Waals surface area contributed by atoms with E-state index in [1.807, 2.05) is 18.2 Å². The number of nitrogens with zero attached hydrogens (tertiary/aromatic N) is 2. The number of hydrogen-bond acceptors (Lipinski definition) is 3. The van der Waals surface area contributed by atoms with E-state index in [1.54, 1.807) is 0 Å². The van der Waals surface area contributed by atoms with Crippen molar-refractivity contribution < 1.29 is 4.79 Å². The maximum Gasteiger partial charge on any atom is 0.150 e. The van der Waals surface area contributed by atoms with E-state index < -0.39 is 0 Å². The molecule has 0 fully saturated rings. The Bertz CT molecular complexity index is 434. The van der Waals surface area contributed by atoms with Crippen LogP contribution in [0.25, 0.3) is 0 Å². The monoisotopic (exact) mass is 214 g/mol. The summed E-state index contributed by atoms with van der Waals surface area (Å²) in [5.74, 6) is 0. The van der Waals surface area contributed by atoms with E-state index in [0.717, 1.165) is 37.8 Å². The number of rotatable bonds is 3. The van der Waals surface area contributed by atoms with Crippen LogP contribution in [0.4, 0.5) is 5.69 Å². The molecule has 0 spiro atoms. The van der Waals surface area contributed by atoms with Crippen LogP contribution in [0.2, 0.25) is 0 Å². The minimum absolute atomic E-state index is 0.550. The molecule has 0 N–H and O–H groups in total. The third kappa shape index (κ3) is 2.06. The molecule has 1 aliphatic heterocycles. The van der Waals surface area contributed by atoms with Gasteiger partial charge in [0.2, 0.25) is 0 Å². The van der Waals surface area contributed by atoms with Crippen molar-refractivity contribution in [1.29, 1.82) is 5.26 Å². The summed E-state index contributed by atoms with van der Waals surface area (Å²) in [4.78, 5) is 12.9. The lowest BCUT2D eigenvalue weighted by Gasteiger charge is -2.30. The highest BCUT2D eigenvalue weighted by molar-refractivity contribution is 5.77. The number of benzene rings is 1. The van der Waals surface area contributed by atoms with Crippen LogP contribution in [0.15, 0.2) is 18.2 Å². The second kappa shape index (κ2) is 4.80. The molecule has 0 bridgehead atoms. The van der Waals surface area contributed by atoms with Crippen LogP contribution in [-0.4, -0.2) is 19.4 Å². The van der Waals surface area contributed by atoms with E-state index in [2.05, 4.69) is 11.0 Å². The van der Waals surface area contributed by atoms with E-state index in [0.29, 0.717) is 6.42 Å². The van der Waals surface area contributed by atoms with Crippen molar-refractivity contribution in [2.24, 2.45) is 0 Å². The van der Waals surface area contributed by atoms with Gasteiger partial charge < -0.3 is 4.90 Å². The number of carbonyl (C=O) groups excluding carboxylic acids is 1. The second-order valence-corrected chi connectivity index (χ2v) is 4.00. The SMILES string of the molecule is N#CCCN1CCCc2cc(C=O)ccc21.